The van der Waals surface area contributed by atoms with Gasteiger partial charge in [-0.3, -0.25) is 9.59 Å². The Morgan fingerprint density at radius 1 is 1.11 bits per heavy atom. The third-order valence-electron chi connectivity index (χ3n) is 3.71. The number of primary amides is 1. The zero-order chi connectivity index (χ0) is 20.7. The van der Waals surface area contributed by atoms with Crippen LogP contribution in [0.4, 0.5) is 5.69 Å². The molecule has 0 saturated carbocycles. The number of carbonyl (C=O) groups excluding carboxylic acids is 3. The molecule has 2 aromatic carbocycles. The molecule has 0 spiro atoms. The first-order chi connectivity index (χ1) is 13.3. The Bertz CT molecular complexity index is 881. The fraction of sp³-hybridized carbons (Fsp3) is 0.250. The number of amides is 2. The summed E-state index contributed by atoms with van der Waals surface area (Å²) >= 11 is 0. The van der Waals surface area contributed by atoms with Gasteiger partial charge in [-0.1, -0.05) is 12.1 Å². The van der Waals surface area contributed by atoms with Crippen LogP contribution < -0.4 is 20.5 Å². The Labute approximate surface area is 162 Å². The third kappa shape index (κ3) is 5.73. The van der Waals surface area contributed by atoms with Crippen LogP contribution >= 0.6 is 0 Å². The Hall–Kier alpha value is -3.55. The molecule has 8 nitrogen and oxygen atoms in total. The van der Waals surface area contributed by atoms with Gasteiger partial charge in [0.05, 0.1) is 12.7 Å². The SMILES string of the molecule is COc1cc(C(=O)OC(C)C(=O)Nc2cccc(C)c2)ccc1OCC(N)=O. The van der Waals surface area contributed by atoms with Crippen LogP contribution in [0.15, 0.2) is 42.5 Å². The molecule has 0 fully saturated rings. The van der Waals surface area contributed by atoms with Gasteiger partial charge in [-0.2, -0.15) is 0 Å². The molecular formula is C20H22N2O6. The predicted molar refractivity (Wildman–Crippen MR) is 102 cm³/mol. The normalized spacial score (nSPS) is 11.2. The van der Waals surface area contributed by atoms with Crippen molar-refractivity contribution in [3.63, 3.8) is 0 Å². The third-order valence-corrected chi connectivity index (χ3v) is 3.71. The van der Waals surface area contributed by atoms with Crippen LogP contribution in [-0.2, 0) is 14.3 Å². The van der Waals surface area contributed by atoms with Gasteiger partial charge in [-0.15, -0.1) is 0 Å². The lowest BCUT2D eigenvalue weighted by molar-refractivity contribution is -0.123. The first kappa shape index (κ1) is 20.8. The second kappa shape index (κ2) is 9.40. The van der Waals surface area contributed by atoms with Crippen LogP contribution in [0, 0.1) is 6.92 Å². The monoisotopic (exact) mass is 386 g/mol. The highest BCUT2D eigenvalue weighted by Crippen LogP contribution is 2.28. The number of hydrogen-bond acceptors (Lipinski definition) is 6. The van der Waals surface area contributed by atoms with E-state index in [0.717, 1.165) is 5.56 Å². The lowest BCUT2D eigenvalue weighted by Gasteiger charge is -2.15. The summed E-state index contributed by atoms with van der Waals surface area (Å²) in [5.74, 6) is -1.31. The molecule has 0 aliphatic carbocycles. The first-order valence-electron chi connectivity index (χ1n) is 8.48. The fourth-order valence-corrected chi connectivity index (χ4v) is 2.31. The predicted octanol–water partition coefficient (Wildman–Crippen LogP) is 2.05. The summed E-state index contributed by atoms with van der Waals surface area (Å²) in [5.41, 5.74) is 6.81. The average molecular weight is 386 g/mol. The second-order valence-corrected chi connectivity index (χ2v) is 6.03. The summed E-state index contributed by atoms with van der Waals surface area (Å²) in [6.07, 6.45) is -1.01. The van der Waals surface area contributed by atoms with Gasteiger partial charge in [0, 0.05) is 5.69 Å². The molecule has 0 saturated heterocycles. The van der Waals surface area contributed by atoms with Crippen molar-refractivity contribution in [2.24, 2.45) is 5.73 Å². The van der Waals surface area contributed by atoms with E-state index in [1.807, 2.05) is 25.1 Å². The number of ether oxygens (including phenoxy) is 3. The van der Waals surface area contributed by atoms with Crippen LogP contribution in [0.1, 0.15) is 22.8 Å². The molecule has 0 aliphatic rings. The van der Waals surface area contributed by atoms with E-state index in [0.29, 0.717) is 5.69 Å². The Balaban J connectivity index is 2.02. The maximum atomic E-state index is 12.3. The van der Waals surface area contributed by atoms with Crippen LogP contribution in [0.2, 0.25) is 0 Å². The molecule has 0 aromatic heterocycles. The minimum atomic E-state index is -1.01. The zero-order valence-corrected chi connectivity index (χ0v) is 15.9. The molecule has 0 radical (unpaired) electrons. The molecule has 1 atom stereocenters. The standard InChI is InChI=1S/C20H22N2O6/c1-12-5-4-6-15(9-12)22-19(24)13(2)28-20(25)14-7-8-16(17(10-14)26-3)27-11-18(21)23/h4-10,13H,11H2,1-3H3,(H2,21,23)(H,22,24). The molecule has 0 aliphatic heterocycles. The van der Waals surface area contributed by atoms with Crippen molar-refractivity contribution < 1.29 is 28.6 Å². The van der Waals surface area contributed by atoms with E-state index in [1.165, 1.54) is 32.2 Å². The number of nitrogens with one attached hydrogen (secondary N) is 1. The summed E-state index contributed by atoms with van der Waals surface area (Å²) in [4.78, 5) is 35.4. The lowest BCUT2D eigenvalue weighted by Crippen LogP contribution is -2.30. The minimum absolute atomic E-state index is 0.165. The van der Waals surface area contributed by atoms with Crippen molar-refractivity contribution in [3.8, 4) is 11.5 Å². The maximum Gasteiger partial charge on any atom is 0.339 e. The molecule has 3 N–H and O–H groups in total. The van der Waals surface area contributed by atoms with Crippen LogP contribution in [0.5, 0.6) is 11.5 Å². The lowest BCUT2D eigenvalue weighted by atomic mass is 10.2. The van der Waals surface area contributed by atoms with E-state index in [2.05, 4.69) is 5.32 Å². The fourth-order valence-electron chi connectivity index (χ4n) is 2.31. The Kier molecular flexibility index (Phi) is 6.97. The second-order valence-electron chi connectivity index (χ2n) is 6.03. The van der Waals surface area contributed by atoms with Gasteiger partial charge in [-0.25, -0.2) is 4.79 Å². The highest BCUT2D eigenvalue weighted by molar-refractivity contribution is 5.97. The van der Waals surface area contributed by atoms with Crippen molar-refractivity contribution in [1.82, 2.24) is 0 Å². The molecule has 2 rings (SSSR count). The van der Waals surface area contributed by atoms with Gasteiger partial charge >= 0.3 is 5.97 Å². The average Bonchev–Trinajstić information content (AvgIpc) is 2.65. The van der Waals surface area contributed by atoms with Gasteiger partial charge in [0.15, 0.2) is 24.2 Å². The summed E-state index contributed by atoms with van der Waals surface area (Å²) in [7, 11) is 1.39. The topological polar surface area (TPSA) is 117 Å². The van der Waals surface area contributed by atoms with Crippen molar-refractivity contribution in [2.45, 2.75) is 20.0 Å². The first-order valence-corrected chi connectivity index (χ1v) is 8.48. The summed E-state index contributed by atoms with van der Waals surface area (Å²) in [5, 5.41) is 2.69. The van der Waals surface area contributed by atoms with E-state index in [1.54, 1.807) is 6.07 Å². The molecule has 0 bridgehead atoms. The van der Waals surface area contributed by atoms with Crippen molar-refractivity contribution >= 4 is 23.5 Å². The number of anilines is 1. The van der Waals surface area contributed by atoms with E-state index >= 15 is 0 Å². The number of benzene rings is 2. The van der Waals surface area contributed by atoms with Crippen molar-refractivity contribution in [1.29, 1.82) is 0 Å². The van der Waals surface area contributed by atoms with Gasteiger partial charge in [0.2, 0.25) is 0 Å². The van der Waals surface area contributed by atoms with Gasteiger partial charge in [0.25, 0.3) is 11.8 Å². The van der Waals surface area contributed by atoms with Crippen molar-refractivity contribution in [2.75, 3.05) is 19.0 Å². The van der Waals surface area contributed by atoms with Gasteiger partial charge in [-0.05, 0) is 49.7 Å². The number of aryl methyl sites for hydroxylation is 1. The summed E-state index contributed by atoms with van der Waals surface area (Å²) in [6.45, 7) is 3.06. The maximum absolute atomic E-state index is 12.3. The molecule has 28 heavy (non-hydrogen) atoms. The van der Waals surface area contributed by atoms with Gasteiger partial charge in [0.1, 0.15) is 0 Å². The zero-order valence-electron chi connectivity index (χ0n) is 15.9. The van der Waals surface area contributed by atoms with Crippen LogP contribution in [0.25, 0.3) is 0 Å². The number of methoxy groups -OCH3 is 1. The number of rotatable bonds is 8. The molecule has 0 heterocycles. The molecule has 8 heteroatoms. The molecule has 2 amide bonds. The largest absolute Gasteiger partial charge is 0.493 e. The molecular weight excluding hydrogens is 364 g/mol. The number of nitrogens with two attached hydrogens (primary N) is 1. The van der Waals surface area contributed by atoms with E-state index < -0.39 is 23.9 Å². The number of hydrogen-bond donors (Lipinski definition) is 2. The Morgan fingerprint density at radius 3 is 2.50 bits per heavy atom. The van der Waals surface area contributed by atoms with E-state index in [-0.39, 0.29) is 23.7 Å². The molecule has 1 unspecified atom stereocenters. The van der Waals surface area contributed by atoms with Crippen LogP contribution in [0.3, 0.4) is 0 Å². The molecule has 2 aromatic rings. The number of esters is 1. The minimum Gasteiger partial charge on any atom is -0.493 e. The summed E-state index contributed by atoms with van der Waals surface area (Å²) in [6, 6.07) is 11.6. The smallest absolute Gasteiger partial charge is 0.339 e. The highest BCUT2D eigenvalue weighted by Gasteiger charge is 2.20. The highest BCUT2D eigenvalue weighted by atomic mass is 16.5. The number of carbonyl (C=O) groups is 3. The molecule has 148 valence electrons. The van der Waals surface area contributed by atoms with Crippen LogP contribution in [-0.4, -0.2) is 37.6 Å². The Morgan fingerprint density at radius 2 is 1.86 bits per heavy atom. The van der Waals surface area contributed by atoms with E-state index in [9.17, 15) is 14.4 Å². The quantitative estimate of drug-likeness (QED) is 0.671. The van der Waals surface area contributed by atoms with Gasteiger partial charge < -0.3 is 25.3 Å². The van der Waals surface area contributed by atoms with Crippen molar-refractivity contribution in [3.05, 3.63) is 53.6 Å². The summed E-state index contributed by atoms with van der Waals surface area (Å²) < 4.78 is 15.6. The van der Waals surface area contributed by atoms with E-state index in [4.69, 9.17) is 19.9 Å².